The summed E-state index contributed by atoms with van der Waals surface area (Å²) in [6, 6.07) is 5.54. The van der Waals surface area contributed by atoms with Crippen LogP contribution in [-0.4, -0.2) is 16.0 Å². The van der Waals surface area contributed by atoms with Crippen molar-refractivity contribution in [2.24, 2.45) is 5.41 Å². The van der Waals surface area contributed by atoms with E-state index in [1.54, 1.807) is 12.3 Å². The van der Waals surface area contributed by atoms with E-state index in [0.29, 0.717) is 22.9 Å². The van der Waals surface area contributed by atoms with E-state index in [9.17, 15) is 4.79 Å². The normalized spacial score (nSPS) is 24.1. The number of carbonyl (C=O) groups excluding carboxylic acids is 1. The van der Waals surface area contributed by atoms with E-state index in [1.807, 2.05) is 12.1 Å². The number of Topliss-reactive ketones (excluding diaryl/α,β-unsaturated/α-hetero) is 1. The Balaban J connectivity index is 2.05. The maximum absolute atomic E-state index is 13.3. The van der Waals surface area contributed by atoms with Gasteiger partial charge in [-0.05, 0) is 42.0 Å². The fourth-order valence-electron chi connectivity index (χ4n) is 4.59. The molecule has 4 nitrogen and oxygen atoms in total. The van der Waals surface area contributed by atoms with Gasteiger partial charge in [-0.2, -0.15) is 5.10 Å². The van der Waals surface area contributed by atoms with Crippen LogP contribution in [0.2, 0.25) is 10.0 Å². The Hall–Kier alpha value is -1.78. The Labute approximate surface area is 163 Å². The highest BCUT2D eigenvalue weighted by Gasteiger charge is 2.50. The monoisotopic (exact) mass is 389 g/mol. The second-order valence-electron chi connectivity index (χ2n) is 8.00. The number of nitrogens with one attached hydrogen (secondary N) is 2. The van der Waals surface area contributed by atoms with Crippen LogP contribution in [0.25, 0.3) is 0 Å². The number of fused-ring (bicyclic) bond motifs is 1. The van der Waals surface area contributed by atoms with Gasteiger partial charge < -0.3 is 5.32 Å². The van der Waals surface area contributed by atoms with Gasteiger partial charge in [0.1, 0.15) is 5.82 Å². The molecule has 0 saturated heterocycles. The number of rotatable bonds is 2. The lowest BCUT2D eigenvalue weighted by atomic mass is 9.60. The van der Waals surface area contributed by atoms with Crippen molar-refractivity contribution in [2.75, 3.05) is 5.32 Å². The molecule has 0 spiro atoms. The quantitative estimate of drug-likeness (QED) is 0.714. The van der Waals surface area contributed by atoms with Crippen molar-refractivity contribution in [3.63, 3.8) is 0 Å². The Morgan fingerprint density at radius 2 is 1.85 bits per heavy atom. The number of H-pyrrole nitrogens is 1. The smallest absolute Gasteiger partial charge is 0.162 e. The number of ketones is 1. The van der Waals surface area contributed by atoms with Gasteiger partial charge in [-0.25, -0.2) is 0 Å². The number of anilines is 1. The van der Waals surface area contributed by atoms with Gasteiger partial charge in [-0.1, -0.05) is 44.0 Å². The number of benzene rings is 1. The predicted molar refractivity (Wildman–Crippen MR) is 105 cm³/mol. The summed E-state index contributed by atoms with van der Waals surface area (Å²) >= 11 is 12.6. The summed E-state index contributed by atoms with van der Waals surface area (Å²) in [5, 5.41) is 11.9. The van der Waals surface area contributed by atoms with E-state index in [-0.39, 0.29) is 11.2 Å². The number of halogens is 2. The van der Waals surface area contributed by atoms with Crippen LogP contribution in [0.5, 0.6) is 0 Å². The largest absolute Gasteiger partial charge is 0.343 e. The van der Waals surface area contributed by atoms with Crippen molar-refractivity contribution in [1.82, 2.24) is 10.2 Å². The molecule has 4 rings (SSSR count). The van der Waals surface area contributed by atoms with Crippen molar-refractivity contribution in [3.8, 4) is 0 Å². The molecule has 0 radical (unpaired) electrons. The maximum atomic E-state index is 13.3. The molecule has 0 saturated carbocycles. The molecule has 2 aliphatic rings. The Morgan fingerprint density at radius 1 is 1.15 bits per heavy atom. The Bertz CT molecular complexity index is 924. The van der Waals surface area contributed by atoms with Crippen molar-refractivity contribution in [2.45, 2.75) is 45.4 Å². The first-order valence-electron chi connectivity index (χ1n) is 8.81. The summed E-state index contributed by atoms with van der Waals surface area (Å²) < 4.78 is 0. The first-order valence-corrected chi connectivity index (χ1v) is 9.57. The van der Waals surface area contributed by atoms with Crippen LogP contribution in [0.4, 0.5) is 5.82 Å². The Kier molecular flexibility index (Phi) is 3.97. The van der Waals surface area contributed by atoms with Gasteiger partial charge in [-0.15, -0.1) is 0 Å². The highest BCUT2D eigenvalue weighted by molar-refractivity contribution is 6.34. The van der Waals surface area contributed by atoms with Crippen LogP contribution in [-0.2, 0) is 10.2 Å². The summed E-state index contributed by atoms with van der Waals surface area (Å²) in [6.45, 7) is 6.35. The van der Waals surface area contributed by atoms with Crippen molar-refractivity contribution < 1.29 is 4.79 Å². The number of aromatic amines is 1. The molecule has 0 bridgehead atoms. The van der Waals surface area contributed by atoms with Gasteiger partial charge in [-0.3, -0.25) is 9.89 Å². The third-order valence-electron chi connectivity index (χ3n) is 5.56. The lowest BCUT2D eigenvalue weighted by molar-refractivity contribution is -0.118. The van der Waals surface area contributed by atoms with E-state index >= 15 is 0 Å². The third kappa shape index (κ3) is 2.50. The SMILES string of the molecule is CC[C@@]1(c2cc(Cl)cc(Cl)c2)C2=C(CC(C)(C)CC2=O)Nc2[nH]ncc21. The van der Waals surface area contributed by atoms with Crippen LogP contribution < -0.4 is 5.32 Å². The van der Waals surface area contributed by atoms with E-state index < -0.39 is 5.41 Å². The molecule has 2 heterocycles. The fourth-order valence-corrected chi connectivity index (χ4v) is 5.11. The minimum Gasteiger partial charge on any atom is -0.343 e. The van der Waals surface area contributed by atoms with Crippen LogP contribution in [0, 0.1) is 5.41 Å². The highest BCUT2D eigenvalue weighted by Crippen LogP contribution is 2.54. The molecule has 0 fully saturated rings. The molecule has 0 amide bonds. The molecule has 1 atom stereocenters. The maximum Gasteiger partial charge on any atom is 0.162 e. The molecule has 1 aliphatic carbocycles. The minimum atomic E-state index is -0.606. The number of allylic oxidation sites excluding steroid dienone is 2. The lowest BCUT2D eigenvalue weighted by Crippen LogP contribution is -2.43. The molecular formula is C20H21Cl2N3O. The molecule has 1 aromatic heterocycles. The van der Waals surface area contributed by atoms with Crippen LogP contribution in [0.15, 0.2) is 35.7 Å². The zero-order chi connectivity index (χ0) is 18.7. The zero-order valence-corrected chi connectivity index (χ0v) is 16.6. The number of hydrogen-bond acceptors (Lipinski definition) is 3. The van der Waals surface area contributed by atoms with Crippen molar-refractivity contribution >= 4 is 34.8 Å². The van der Waals surface area contributed by atoms with Gasteiger partial charge in [0.2, 0.25) is 0 Å². The topological polar surface area (TPSA) is 57.8 Å². The lowest BCUT2D eigenvalue weighted by Gasteiger charge is -2.45. The molecular weight excluding hydrogens is 369 g/mol. The summed E-state index contributed by atoms with van der Waals surface area (Å²) in [6.07, 6.45) is 3.85. The van der Waals surface area contributed by atoms with Crippen molar-refractivity contribution in [3.05, 3.63) is 56.8 Å². The van der Waals surface area contributed by atoms with Crippen molar-refractivity contribution in [1.29, 1.82) is 0 Å². The molecule has 136 valence electrons. The number of carbonyl (C=O) groups is 1. The van der Waals surface area contributed by atoms with Crippen LogP contribution in [0.3, 0.4) is 0 Å². The molecule has 6 heteroatoms. The molecule has 0 unspecified atom stereocenters. The van der Waals surface area contributed by atoms with E-state index in [1.165, 1.54) is 0 Å². The van der Waals surface area contributed by atoms with Crippen LogP contribution >= 0.6 is 23.2 Å². The van der Waals surface area contributed by atoms with Gasteiger partial charge in [0, 0.05) is 33.3 Å². The van der Waals surface area contributed by atoms with Gasteiger partial charge in [0.05, 0.1) is 11.6 Å². The number of nitrogens with zero attached hydrogens (tertiary/aromatic N) is 1. The number of hydrogen-bond donors (Lipinski definition) is 2. The van der Waals surface area contributed by atoms with E-state index in [4.69, 9.17) is 23.2 Å². The second kappa shape index (κ2) is 5.86. The fraction of sp³-hybridized carbons (Fsp3) is 0.400. The van der Waals surface area contributed by atoms with E-state index in [2.05, 4.69) is 36.3 Å². The standard InChI is InChI=1S/C20H21Cl2N3O/c1-4-20(11-5-12(21)7-13(22)6-11)14-10-23-25-18(14)24-15-8-19(2,3)9-16(26)17(15)20/h5-7,10H,4,8-9H2,1-3H3,(H2,23,24,25)/t20-/m0/s1. The molecule has 26 heavy (non-hydrogen) atoms. The van der Waals surface area contributed by atoms with Gasteiger partial charge >= 0.3 is 0 Å². The van der Waals surface area contributed by atoms with E-state index in [0.717, 1.165) is 34.6 Å². The minimum absolute atomic E-state index is 0.0775. The first-order chi connectivity index (χ1) is 12.3. The highest BCUT2D eigenvalue weighted by atomic mass is 35.5. The summed E-state index contributed by atoms with van der Waals surface area (Å²) in [4.78, 5) is 13.3. The first kappa shape index (κ1) is 17.6. The van der Waals surface area contributed by atoms with Gasteiger partial charge in [0.25, 0.3) is 0 Å². The predicted octanol–water partition coefficient (Wildman–Crippen LogP) is 5.48. The van der Waals surface area contributed by atoms with Gasteiger partial charge in [0.15, 0.2) is 5.78 Å². The Morgan fingerprint density at radius 3 is 2.50 bits per heavy atom. The zero-order valence-electron chi connectivity index (χ0n) is 15.0. The second-order valence-corrected chi connectivity index (χ2v) is 8.87. The molecule has 2 aromatic rings. The molecule has 2 N–H and O–H groups in total. The van der Waals surface area contributed by atoms with Crippen LogP contribution in [0.1, 0.15) is 51.2 Å². The summed E-state index contributed by atoms with van der Waals surface area (Å²) in [7, 11) is 0. The summed E-state index contributed by atoms with van der Waals surface area (Å²) in [5.74, 6) is 1.01. The average Bonchev–Trinajstić information content (AvgIpc) is 2.99. The third-order valence-corrected chi connectivity index (χ3v) is 6.00. The molecule has 1 aliphatic heterocycles. The number of aromatic nitrogens is 2. The molecule has 1 aromatic carbocycles. The summed E-state index contributed by atoms with van der Waals surface area (Å²) in [5.41, 5.74) is 3.01. The average molecular weight is 390 g/mol.